The molecule has 1 amide bonds. The van der Waals surface area contributed by atoms with Gasteiger partial charge >= 0.3 is 0 Å². The van der Waals surface area contributed by atoms with E-state index in [9.17, 15) is 4.79 Å². The van der Waals surface area contributed by atoms with Crippen LogP contribution in [0.1, 0.15) is 6.92 Å². The van der Waals surface area contributed by atoms with Gasteiger partial charge in [-0.25, -0.2) is 4.98 Å². The molecule has 1 aliphatic rings. The predicted molar refractivity (Wildman–Crippen MR) is 80.8 cm³/mol. The van der Waals surface area contributed by atoms with Gasteiger partial charge in [-0.15, -0.1) is 11.3 Å². The van der Waals surface area contributed by atoms with E-state index in [0.717, 1.165) is 17.0 Å². The number of nitrogens with zero attached hydrogens (tertiary/aromatic N) is 1. The van der Waals surface area contributed by atoms with Crippen molar-refractivity contribution < 1.29 is 14.3 Å². The minimum absolute atomic E-state index is 0.252. The Kier molecular flexibility index (Phi) is 3.76. The Morgan fingerprint density at radius 2 is 2.14 bits per heavy atom. The molecular formula is C14H15N3O3S. The lowest BCUT2D eigenvalue weighted by atomic mass is 10.1. The number of anilines is 1. The zero-order valence-corrected chi connectivity index (χ0v) is 12.3. The molecule has 2 heterocycles. The van der Waals surface area contributed by atoms with Gasteiger partial charge < -0.3 is 20.5 Å². The van der Waals surface area contributed by atoms with E-state index in [4.69, 9.17) is 15.2 Å². The number of hydrogen-bond donors (Lipinski definition) is 2. The summed E-state index contributed by atoms with van der Waals surface area (Å²) in [4.78, 5) is 15.9. The van der Waals surface area contributed by atoms with E-state index in [2.05, 4.69) is 10.3 Å². The number of ether oxygens (including phenoxy) is 2. The number of carbonyl (C=O) groups is 1. The molecule has 1 aromatic heterocycles. The standard InChI is InChI=1S/C14H15N3O3S/c1-8(15)13(18)17-14-16-10(7-21-14)9-2-3-11-12(6-9)20-5-4-19-11/h2-3,6-8H,4-5,15H2,1H3,(H,16,17,18)/t8-/m0/s1. The first-order chi connectivity index (χ1) is 10.1. The van der Waals surface area contributed by atoms with Crippen LogP contribution >= 0.6 is 11.3 Å². The predicted octanol–water partition coefficient (Wildman–Crippen LogP) is 1.87. The third-order valence-corrected chi connectivity index (χ3v) is 3.74. The molecule has 3 rings (SSSR count). The number of thiazole rings is 1. The highest BCUT2D eigenvalue weighted by Crippen LogP contribution is 2.35. The van der Waals surface area contributed by atoms with Gasteiger partial charge in [0.15, 0.2) is 16.6 Å². The maximum Gasteiger partial charge on any atom is 0.242 e. The smallest absolute Gasteiger partial charge is 0.242 e. The van der Waals surface area contributed by atoms with E-state index in [1.165, 1.54) is 11.3 Å². The highest BCUT2D eigenvalue weighted by Gasteiger charge is 2.15. The minimum Gasteiger partial charge on any atom is -0.486 e. The van der Waals surface area contributed by atoms with Crippen molar-refractivity contribution in [1.29, 1.82) is 0 Å². The normalized spacial score (nSPS) is 14.6. The van der Waals surface area contributed by atoms with Crippen LogP contribution in [0.2, 0.25) is 0 Å². The molecule has 0 saturated carbocycles. The number of nitrogens with two attached hydrogens (primary N) is 1. The van der Waals surface area contributed by atoms with E-state index in [-0.39, 0.29) is 5.91 Å². The van der Waals surface area contributed by atoms with Crippen LogP contribution in [-0.2, 0) is 4.79 Å². The Hall–Kier alpha value is -2.12. The first-order valence-electron chi connectivity index (χ1n) is 6.55. The van der Waals surface area contributed by atoms with Gasteiger partial charge in [0.2, 0.25) is 5.91 Å². The second-order valence-corrected chi connectivity index (χ2v) is 5.53. The van der Waals surface area contributed by atoms with Crippen molar-refractivity contribution in [2.24, 2.45) is 5.73 Å². The molecule has 1 aromatic carbocycles. The Morgan fingerprint density at radius 3 is 2.90 bits per heavy atom. The lowest BCUT2D eigenvalue weighted by molar-refractivity contribution is -0.117. The summed E-state index contributed by atoms with van der Waals surface area (Å²) in [7, 11) is 0. The first kappa shape index (κ1) is 13.8. The van der Waals surface area contributed by atoms with Gasteiger partial charge in [0, 0.05) is 10.9 Å². The monoisotopic (exact) mass is 305 g/mol. The molecule has 2 aromatic rings. The van der Waals surface area contributed by atoms with Crippen molar-refractivity contribution in [3.05, 3.63) is 23.6 Å². The van der Waals surface area contributed by atoms with Gasteiger partial charge in [0.05, 0.1) is 11.7 Å². The van der Waals surface area contributed by atoms with Gasteiger partial charge in [0.25, 0.3) is 0 Å². The van der Waals surface area contributed by atoms with Gasteiger partial charge in [-0.3, -0.25) is 4.79 Å². The topological polar surface area (TPSA) is 86.5 Å². The number of carbonyl (C=O) groups excluding carboxylic acids is 1. The molecule has 0 spiro atoms. The molecule has 1 aliphatic heterocycles. The zero-order valence-electron chi connectivity index (χ0n) is 11.5. The fourth-order valence-electron chi connectivity index (χ4n) is 1.89. The van der Waals surface area contributed by atoms with Crippen LogP contribution < -0.4 is 20.5 Å². The minimum atomic E-state index is -0.563. The molecule has 0 fully saturated rings. The molecule has 0 radical (unpaired) electrons. The number of benzene rings is 1. The maximum atomic E-state index is 11.5. The summed E-state index contributed by atoms with van der Waals surface area (Å²) in [5.41, 5.74) is 7.20. The van der Waals surface area contributed by atoms with Crippen LogP contribution in [0, 0.1) is 0 Å². The van der Waals surface area contributed by atoms with Crippen molar-refractivity contribution in [3.63, 3.8) is 0 Å². The first-order valence-corrected chi connectivity index (χ1v) is 7.43. The fourth-order valence-corrected chi connectivity index (χ4v) is 2.61. The summed E-state index contributed by atoms with van der Waals surface area (Å²) in [6, 6.07) is 5.11. The van der Waals surface area contributed by atoms with Gasteiger partial charge in [-0.1, -0.05) is 0 Å². The Balaban J connectivity index is 1.81. The number of aromatic nitrogens is 1. The summed E-state index contributed by atoms with van der Waals surface area (Å²) in [5.74, 6) is 1.21. The second-order valence-electron chi connectivity index (χ2n) is 4.67. The number of hydrogen-bond acceptors (Lipinski definition) is 6. The average molecular weight is 305 g/mol. The Morgan fingerprint density at radius 1 is 1.38 bits per heavy atom. The van der Waals surface area contributed by atoms with Crippen LogP contribution in [0.4, 0.5) is 5.13 Å². The van der Waals surface area contributed by atoms with E-state index in [1.54, 1.807) is 6.92 Å². The maximum absolute atomic E-state index is 11.5. The molecule has 7 heteroatoms. The molecule has 0 unspecified atom stereocenters. The summed E-state index contributed by atoms with van der Waals surface area (Å²) in [6.07, 6.45) is 0. The SMILES string of the molecule is C[C@H](N)C(=O)Nc1nc(-c2ccc3c(c2)OCCO3)cs1. The largest absolute Gasteiger partial charge is 0.486 e. The third kappa shape index (κ3) is 2.98. The van der Waals surface area contributed by atoms with Crippen LogP contribution in [-0.4, -0.2) is 30.1 Å². The summed E-state index contributed by atoms with van der Waals surface area (Å²) >= 11 is 1.36. The van der Waals surface area contributed by atoms with Crippen LogP contribution in [0.15, 0.2) is 23.6 Å². The number of amides is 1. The highest BCUT2D eigenvalue weighted by molar-refractivity contribution is 7.14. The zero-order chi connectivity index (χ0) is 14.8. The summed E-state index contributed by atoms with van der Waals surface area (Å²) in [5, 5.41) is 5.09. The summed E-state index contributed by atoms with van der Waals surface area (Å²) < 4.78 is 11.0. The molecule has 1 atom stereocenters. The lowest BCUT2D eigenvalue weighted by Gasteiger charge is -2.18. The highest BCUT2D eigenvalue weighted by atomic mass is 32.1. The van der Waals surface area contributed by atoms with E-state index in [0.29, 0.717) is 24.1 Å². The average Bonchev–Trinajstić information content (AvgIpc) is 2.95. The van der Waals surface area contributed by atoms with E-state index >= 15 is 0 Å². The molecule has 21 heavy (non-hydrogen) atoms. The van der Waals surface area contributed by atoms with Gasteiger partial charge in [-0.2, -0.15) is 0 Å². The third-order valence-electron chi connectivity index (χ3n) is 2.99. The molecule has 0 bridgehead atoms. The van der Waals surface area contributed by atoms with Crippen molar-refractivity contribution in [2.45, 2.75) is 13.0 Å². The van der Waals surface area contributed by atoms with E-state index < -0.39 is 6.04 Å². The molecule has 110 valence electrons. The molecular weight excluding hydrogens is 290 g/mol. The van der Waals surface area contributed by atoms with Crippen LogP contribution in [0.5, 0.6) is 11.5 Å². The van der Waals surface area contributed by atoms with Crippen molar-refractivity contribution >= 4 is 22.4 Å². The van der Waals surface area contributed by atoms with Crippen molar-refractivity contribution in [2.75, 3.05) is 18.5 Å². The summed E-state index contributed by atoms with van der Waals surface area (Å²) in [6.45, 7) is 2.74. The second kappa shape index (κ2) is 5.71. The van der Waals surface area contributed by atoms with Crippen LogP contribution in [0.3, 0.4) is 0 Å². The molecule has 6 nitrogen and oxygen atoms in total. The molecule has 0 saturated heterocycles. The number of fused-ring (bicyclic) bond motifs is 1. The number of nitrogens with one attached hydrogen (secondary N) is 1. The van der Waals surface area contributed by atoms with Gasteiger partial charge in [0.1, 0.15) is 13.2 Å². The van der Waals surface area contributed by atoms with E-state index in [1.807, 2.05) is 23.6 Å². The van der Waals surface area contributed by atoms with Crippen molar-refractivity contribution in [1.82, 2.24) is 4.98 Å². The number of rotatable bonds is 3. The molecule has 3 N–H and O–H groups in total. The quantitative estimate of drug-likeness (QED) is 0.904. The lowest BCUT2D eigenvalue weighted by Crippen LogP contribution is -2.32. The Labute approximate surface area is 125 Å². The molecule has 0 aliphatic carbocycles. The van der Waals surface area contributed by atoms with Crippen LogP contribution in [0.25, 0.3) is 11.3 Å². The Bertz CT molecular complexity index is 669. The van der Waals surface area contributed by atoms with Crippen molar-refractivity contribution in [3.8, 4) is 22.8 Å². The fraction of sp³-hybridized carbons (Fsp3) is 0.286. The van der Waals surface area contributed by atoms with Gasteiger partial charge in [-0.05, 0) is 25.1 Å².